The van der Waals surface area contributed by atoms with E-state index in [1.165, 1.54) is 6.07 Å². The van der Waals surface area contributed by atoms with Gasteiger partial charge in [-0.25, -0.2) is 13.8 Å². The lowest BCUT2D eigenvalue weighted by atomic mass is 10.1. The highest BCUT2D eigenvalue weighted by molar-refractivity contribution is 7.11. The molecule has 1 heterocycles. The van der Waals surface area contributed by atoms with Gasteiger partial charge in [-0.1, -0.05) is 11.6 Å². The molecular formula is C18H11ClF2NO3S-. The van der Waals surface area contributed by atoms with E-state index < -0.39 is 17.6 Å². The number of hydrogen-bond donors (Lipinski definition) is 0. The van der Waals surface area contributed by atoms with Gasteiger partial charge >= 0.3 is 0 Å². The van der Waals surface area contributed by atoms with E-state index in [0.717, 1.165) is 23.5 Å². The molecular weight excluding hydrogens is 384 g/mol. The normalized spacial score (nSPS) is 10.7. The van der Waals surface area contributed by atoms with E-state index in [4.69, 9.17) is 16.3 Å². The van der Waals surface area contributed by atoms with E-state index in [1.54, 1.807) is 23.6 Å². The Balaban J connectivity index is 1.79. The summed E-state index contributed by atoms with van der Waals surface area (Å²) in [6.45, 7) is -0.0951. The van der Waals surface area contributed by atoms with Crippen LogP contribution in [0, 0.1) is 11.6 Å². The molecule has 0 radical (unpaired) electrons. The number of hydrogen-bond acceptors (Lipinski definition) is 5. The number of benzene rings is 2. The highest BCUT2D eigenvalue weighted by Gasteiger charge is 2.11. The van der Waals surface area contributed by atoms with Gasteiger partial charge in [0.15, 0.2) is 0 Å². The van der Waals surface area contributed by atoms with Crippen molar-refractivity contribution < 1.29 is 23.4 Å². The van der Waals surface area contributed by atoms with Crippen molar-refractivity contribution in [2.24, 2.45) is 0 Å². The minimum absolute atomic E-state index is 0.0951. The number of aromatic carboxylic acids is 1. The van der Waals surface area contributed by atoms with Crippen molar-refractivity contribution in [3.05, 3.63) is 80.3 Å². The van der Waals surface area contributed by atoms with Crippen molar-refractivity contribution in [3.8, 4) is 5.75 Å². The SMILES string of the molecule is O=C([O-])c1nc(Cc2cc(Cl)ccc2OCc2ccc(F)cc2F)cs1. The van der Waals surface area contributed by atoms with E-state index in [2.05, 4.69) is 4.98 Å². The summed E-state index contributed by atoms with van der Waals surface area (Å²) in [5.41, 5.74) is 1.39. The Morgan fingerprint density at radius 2 is 2.00 bits per heavy atom. The smallest absolute Gasteiger partial charge is 0.139 e. The Morgan fingerprint density at radius 3 is 2.69 bits per heavy atom. The molecule has 3 aromatic rings. The average molecular weight is 395 g/mol. The first-order valence-electron chi connectivity index (χ1n) is 7.43. The highest BCUT2D eigenvalue weighted by atomic mass is 35.5. The first-order valence-corrected chi connectivity index (χ1v) is 8.69. The van der Waals surface area contributed by atoms with Gasteiger partial charge in [-0.15, -0.1) is 11.3 Å². The van der Waals surface area contributed by atoms with E-state index >= 15 is 0 Å². The number of ether oxygens (including phenoxy) is 1. The molecule has 26 heavy (non-hydrogen) atoms. The van der Waals surface area contributed by atoms with Crippen LogP contribution in [-0.4, -0.2) is 11.0 Å². The monoisotopic (exact) mass is 394 g/mol. The number of thiazole rings is 1. The molecule has 0 aliphatic carbocycles. The van der Waals surface area contributed by atoms with E-state index in [0.29, 0.717) is 22.0 Å². The average Bonchev–Trinajstić information content (AvgIpc) is 3.04. The van der Waals surface area contributed by atoms with Crippen molar-refractivity contribution in [1.29, 1.82) is 0 Å². The van der Waals surface area contributed by atoms with Gasteiger partial charge in [0.2, 0.25) is 0 Å². The van der Waals surface area contributed by atoms with Gasteiger partial charge in [0, 0.05) is 34.0 Å². The molecule has 1 aromatic heterocycles. The number of rotatable bonds is 6. The third kappa shape index (κ3) is 4.36. The van der Waals surface area contributed by atoms with Gasteiger partial charge in [-0.2, -0.15) is 0 Å². The van der Waals surface area contributed by atoms with Crippen LogP contribution in [0.15, 0.2) is 41.8 Å². The van der Waals surface area contributed by atoms with Crippen molar-refractivity contribution in [2.75, 3.05) is 0 Å². The van der Waals surface area contributed by atoms with Gasteiger partial charge in [-0.05, 0) is 30.3 Å². The van der Waals surface area contributed by atoms with Gasteiger partial charge in [0.1, 0.15) is 35.0 Å². The number of carbonyl (C=O) groups excluding carboxylic acids is 1. The molecule has 0 aliphatic rings. The second-order valence-corrected chi connectivity index (χ2v) is 6.68. The maximum atomic E-state index is 13.7. The van der Waals surface area contributed by atoms with Gasteiger partial charge in [0.25, 0.3) is 0 Å². The van der Waals surface area contributed by atoms with Gasteiger partial charge in [-0.3, -0.25) is 0 Å². The van der Waals surface area contributed by atoms with Crippen molar-refractivity contribution in [2.45, 2.75) is 13.0 Å². The number of aromatic nitrogens is 1. The van der Waals surface area contributed by atoms with Crippen LogP contribution in [0.25, 0.3) is 0 Å². The summed E-state index contributed by atoms with van der Waals surface area (Å²) in [6.07, 6.45) is 0.283. The Hall–Kier alpha value is -2.51. The molecule has 0 unspecified atom stereocenters. The minimum Gasteiger partial charge on any atom is -0.542 e. The summed E-state index contributed by atoms with van der Waals surface area (Å²) in [5.74, 6) is -2.25. The standard InChI is InChI=1S/C18H12ClF2NO3S/c19-12-2-4-16(25-8-10-1-3-13(20)7-15(10)21)11(5-12)6-14-9-26-17(22-14)18(23)24/h1-5,7,9H,6,8H2,(H,23,24)/p-1. The lowest BCUT2D eigenvalue weighted by Gasteiger charge is -2.12. The molecule has 134 valence electrons. The summed E-state index contributed by atoms with van der Waals surface area (Å²) >= 11 is 6.99. The lowest BCUT2D eigenvalue weighted by Crippen LogP contribution is -2.21. The van der Waals surface area contributed by atoms with Crippen LogP contribution in [-0.2, 0) is 13.0 Å². The summed E-state index contributed by atoms with van der Waals surface area (Å²) in [4.78, 5) is 14.8. The zero-order chi connectivity index (χ0) is 18.7. The zero-order valence-corrected chi connectivity index (χ0v) is 14.7. The molecule has 3 rings (SSSR count). The third-order valence-electron chi connectivity index (χ3n) is 3.52. The van der Waals surface area contributed by atoms with Gasteiger partial charge < -0.3 is 14.6 Å². The fourth-order valence-corrected chi connectivity index (χ4v) is 3.14. The molecule has 0 spiro atoms. The predicted octanol–water partition coefficient (Wildman–Crippen LogP) is 3.61. The van der Waals surface area contributed by atoms with Crippen LogP contribution in [0.3, 0.4) is 0 Å². The zero-order valence-electron chi connectivity index (χ0n) is 13.2. The number of nitrogens with zero attached hydrogens (tertiary/aromatic N) is 1. The van der Waals surface area contributed by atoms with E-state index in [-0.39, 0.29) is 23.6 Å². The largest absolute Gasteiger partial charge is 0.542 e. The van der Waals surface area contributed by atoms with E-state index in [1.807, 2.05) is 0 Å². The van der Waals surface area contributed by atoms with Crippen LogP contribution < -0.4 is 9.84 Å². The fraction of sp³-hybridized carbons (Fsp3) is 0.111. The molecule has 8 heteroatoms. The van der Waals surface area contributed by atoms with Gasteiger partial charge in [0.05, 0.1) is 5.69 Å². The molecule has 0 N–H and O–H groups in total. The Labute approximate surface area is 156 Å². The molecule has 0 fully saturated rings. The van der Waals surface area contributed by atoms with Crippen LogP contribution in [0.2, 0.25) is 5.02 Å². The summed E-state index contributed by atoms with van der Waals surface area (Å²) in [6, 6.07) is 8.17. The number of carboxylic acid groups (broad SMARTS) is 1. The molecule has 0 saturated heterocycles. The maximum absolute atomic E-state index is 13.7. The fourth-order valence-electron chi connectivity index (χ4n) is 2.30. The molecule has 0 atom stereocenters. The maximum Gasteiger partial charge on any atom is 0.139 e. The summed E-state index contributed by atoms with van der Waals surface area (Å²) in [7, 11) is 0. The van der Waals surface area contributed by atoms with Crippen LogP contribution in [0.5, 0.6) is 5.75 Å². The lowest BCUT2D eigenvalue weighted by molar-refractivity contribution is -0.255. The van der Waals surface area contributed by atoms with Crippen molar-refractivity contribution >= 4 is 28.9 Å². The number of halogens is 3. The molecule has 0 amide bonds. The minimum atomic E-state index is -1.34. The first kappa shape index (κ1) is 18.3. The Kier molecular flexibility index (Phi) is 5.49. The number of carbonyl (C=O) groups is 1. The molecule has 0 aliphatic heterocycles. The quantitative estimate of drug-likeness (QED) is 0.640. The van der Waals surface area contributed by atoms with E-state index in [9.17, 15) is 18.7 Å². The highest BCUT2D eigenvalue weighted by Crippen LogP contribution is 2.27. The topological polar surface area (TPSA) is 62.2 Å². The Morgan fingerprint density at radius 1 is 1.19 bits per heavy atom. The van der Waals surface area contributed by atoms with Crippen LogP contribution in [0.4, 0.5) is 8.78 Å². The Bertz CT molecular complexity index is 961. The first-order chi connectivity index (χ1) is 12.4. The molecule has 0 bridgehead atoms. The second kappa shape index (κ2) is 7.80. The number of carboxylic acids is 1. The van der Waals surface area contributed by atoms with Crippen molar-refractivity contribution in [1.82, 2.24) is 4.98 Å². The summed E-state index contributed by atoms with van der Waals surface area (Å²) in [5, 5.41) is 12.8. The van der Waals surface area contributed by atoms with Crippen molar-refractivity contribution in [3.63, 3.8) is 0 Å². The second-order valence-electron chi connectivity index (χ2n) is 5.38. The summed E-state index contributed by atoms with van der Waals surface area (Å²) < 4.78 is 32.4. The van der Waals surface area contributed by atoms with Crippen LogP contribution >= 0.6 is 22.9 Å². The third-order valence-corrected chi connectivity index (χ3v) is 4.62. The molecule has 0 saturated carbocycles. The predicted molar refractivity (Wildman–Crippen MR) is 91.4 cm³/mol. The van der Waals surface area contributed by atoms with Crippen LogP contribution in [0.1, 0.15) is 26.6 Å². The molecule has 4 nitrogen and oxygen atoms in total. The molecule has 2 aromatic carbocycles.